The number of amides is 2. The zero-order chi connectivity index (χ0) is 13.3. The topological polar surface area (TPSA) is 74.7 Å². The first-order valence-corrected chi connectivity index (χ1v) is 5.64. The molecular formula is C13H13NO4. The largest absolute Gasteiger partial charge is 0.481 e. The van der Waals surface area contributed by atoms with E-state index in [1.807, 2.05) is 0 Å². The summed E-state index contributed by atoms with van der Waals surface area (Å²) in [7, 11) is 0. The summed E-state index contributed by atoms with van der Waals surface area (Å²) in [5.74, 6) is -2.66. The van der Waals surface area contributed by atoms with Crippen LogP contribution >= 0.6 is 0 Å². The highest BCUT2D eigenvalue weighted by Gasteiger charge is 2.38. The van der Waals surface area contributed by atoms with Gasteiger partial charge in [0.25, 0.3) is 5.91 Å². The number of likely N-dealkylation sites (tertiary alicyclic amines) is 1. The lowest BCUT2D eigenvalue weighted by Gasteiger charge is -2.15. The van der Waals surface area contributed by atoms with Gasteiger partial charge in [0, 0.05) is 18.5 Å². The molecule has 1 aliphatic heterocycles. The van der Waals surface area contributed by atoms with Crippen LogP contribution in [0.15, 0.2) is 24.3 Å². The highest BCUT2D eigenvalue weighted by Crippen LogP contribution is 2.21. The molecule has 1 fully saturated rings. The average molecular weight is 247 g/mol. The SMILES string of the molecule is Cc1ccccc1C(=O)N1CC(C(=O)O)CC1=O. The third-order valence-electron chi connectivity index (χ3n) is 3.09. The van der Waals surface area contributed by atoms with Gasteiger partial charge in [-0.2, -0.15) is 0 Å². The number of aliphatic carboxylic acids is 1. The number of rotatable bonds is 2. The third-order valence-corrected chi connectivity index (χ3v) is 3.09. The standard InChI is InChI=1S/C13H13NO4/c1-8-4-2-3-5-10(8)12(16)14-7-9(13(17)18)6-11(14)15/h2-5,9H,6-7H2,1H3,(H,17,18). The number of carbonyl (C=O) groups is 3. The summed E-state index contributed by atoms with van der Waals surface area (Å²) < 4.78 is 0. The van der Waals surface area contributed by atoms with Crippen LogP contribution in [-0.2, 0) is 9.59 Å². The molecule has 0 aromatic heterocycles. The normalized spacial score (nSPS) is 19.1. The number of nitrogens with zero attached hydrogens (tertiary/aromatic N) is 1. The predicted octanol–water partition coefficient (Wildman–Crippen LogP) is 1.07. The Labute approximate surface area is 104 Å². The minimum atomic E-state index is -1.04. The smallest absolute Gasteiger partial charge is 0.308 e. The van der Waals surface area contributed by atoms with Crippen LogP contribution in [-0.4, -0.2) is 34.3 Å². The maximum Gasteiger partial charge on any atom is 0.308 e. The number of carboxylic acids is 1. The van der Waals surface area contributed by atoms with Crippen LogP contribution in [0.4, 0.5) is 0 Å². The van der Waals surface area contributed by atoms with Crippen molar-refractivity contribution in [3.63, 3.8) is 0 Å². The van der Waals surface area contributed by atoms with Crippen LogP contribution in [0.1, 0.15) is 22.3 Å². The van der Waals surface area contributed by atoms with Gasteiger partial charge in [-0.05, 0) is 18.6 Å². The van der Waals surface area contributed by atoms with Crippen LogP contribution in [0.2, 0.25) is 0 Å². The molecule has 1 unspecified atom stereocenters. The van der Waals surface area contributed by atoms with Gasteiger partial charge in [-0.1, -0.05) is 18.2 Å². The molecule has 2 rings (SSSR count). The second kappa shape index (κ2) is 4.60. The van der Waals surface area contributed by atoms with Crippen molar-refractivity contribution in [2.45, 2.75) is 13.3 Å². The molecule has 0 spiro atoms. The summed E-state index contributed by atoms with van der Waals surface area (Å²) in [4.78, 5) is 35.7. The lowest BCUT2D eigenvalue weighted by Crippen LogP contribution is -2.33. The van der Waals surface area contributed by atoms with Crippen molar-refractivity contribution >= 4 is 17.8 Å². The Balaban J connectivity index is 2.23. The number of hydrogen-bond donors (Lipinski definition) is 1. The molecule has 0 saturated carbocycles. The summed E-state index contributed by atoms with van der Waals surface area (Å²) in [6.45, 7) is 1.74. The minimum absolute atomic E-state index is 0.0403. The molecule has 1 aliphatic rings. The first kappa shape index (κ1) is 12.3. The number of hydrogen-bond acceptors (Lipinski definition) is 3. The predicted molar refractivity (Wildman–Crippen MR) is 63.0 cm³/mol. The van der Waals surface area contributed by atoms with E-state index in [1.165, 1.54) is 0 Å². The summed E-state index contributed by atoms with van der Waals surface area (Å²) in [5.41, 5.74) is 1.21. The van der Waals surface area contributed by atoms with Gasteiger partial charge >= 0.3 is 5.97 Å². The van der Waals surface area contributed by atoms with Crippen LogP contribution in [0.25, 0.3) is 0 Å². The summed E-state index contributed by atoms with van der Waals surface area (Å²) in [6, 6.07) is 6.94. The molecule has 0 bridgehead atoms. The van der Waals surface area contributed by atoms with E-state index in [0.717, 1.165) is 10.5 Å². The summed E-state index contributed by atoms with van der Waals surface area (Å²) in [6.07, 6.45) is -0.104. The second-order valence-corrected chi connectivity index (χ2v) is 4.36. The van der Waals surface area contributed by atoms with Crippen molar-refractivity contribution in [3.05, 3.63) is 35.4 Å². The van der Waals surface area contributed by atoms with E-state index in [2.05, 4.69) is 0 Å². The van der Waals surface area contributed by atoms with E-state index in [-0.39, 0.29) is 13.0 Å². The van der Waals surface area contributed by atoms with Crippen LogP contribution in [0.5, 0.6) is 0 Å². The Morgan fingerprint density at radius 1 is 1.33 bits per heavy atom. The maximum atomic E-state index is 12.2. The van der Waals surface area contributed by atoms with Gasteiger partial charge in [0.15, 0.2) is 0 Å². The molecule has 1 N–H and O–H groups in total. The Morgan fingerprint density at radius 3 is 2.56 bits per heavy atom. The molecule has 5 nitrogen and oxygen atoms in total. The number of imide groups is 1. The van der Waals surface area contributed by atoms with Crippen molar-refractivity contribution < 1.29 is 19.5 Å². The molecule has 5 heteroatoms. The first-order chi connectivity index (χ1) is 8.50. The lowest BCUT2D eigenvalue weighted by atomic mass is 10.1. The fourth-order valence-electron chi connectivity index (χ4n) is 2.03. The lowest BCUT2D eigenvalue weighted by molar-refractivity contribution is -0.141. The van der Waals surface area contributed by atoms with Crippen molar-refractivity contribution in [3.8, 4) is 0 Å². The molecule has 1 saturated heterocycles. The monoisotopic (exact) mass is 247 g/mol. The zero-order valence-corrected chi connectivity index (χ0v) is 9.92. The van der Waals surface area contributed by atoms with E-state index in [0.29, 0.717) is 5.56 Å². The quantitative estimate of drug-likeness (QED) is 0.793. The van der Waals surface area contributed by atoms with Gasteiger partial charge < -0.3 is 5.11 Å². The minimum Gasteiger partial charge on any atom is -0.481 e. The van der Waals surface area contributed by atoms with Crippen molar-refractivity contribution in [1.29, 1.82) is 0 Å². The first-order valence-electron chi connectivity index (χ1n) is 5.64. The van der Waals surface area contributed by atoms with Crippen LogP contribution in [0, 0.1) is 12.8 Å². The Hall–Kier alpha value is -2.17. The molecular weight excluding hydrogens is 234 g/mol. The fraction of sp³-hybridized carbons (Fsp3) is 0.308. The van der Waals surface area contributed by atoms with Crippen molar-refractivity contribution in [1.82, 2.24) is 4.90 Å². The Morgan fingerprint density at radius 2 is 2.00 bits per heavy atom. The molecule has 94 valence electrons. The molecule has 1 aromatic carbocycles. The van der Waals surface area contributed by atoms with Gasteiger partial charge in [-0.3, -0.25) is 19.3 Å². The number of carboxylic acid groups (broad SMARTS) is 1. The average Bonchev–Trinajstić information content (AvgIpc) is 2.71. The van der Waals surface area contributed by atoms with Crippen LogP contribution < -0.4 is 0 Å². The fourth-order valence-corrected chi connectivity index (χ4v) is 2.03. The van der Waals surface area contributed by atoms with E-state index in [9.17, 15) is 14.4 Å². The molecule has 1 atom stereocenters. The Bertz CT molecular complexity index is 523. The number of carbonyl (C=O) groups excluding carboxylic acids is 2. The zero-order valence-electron chi connectivity index (χ0n) is 9.92. The van der Waals surface area contributed by atoms with Gasteiger partial charge in [-0.15, -0.1) is 0 Å². The van der Waals surface area contributed by atoms with E-state index >= 15 is 0 Å². The maximum absolute atomic E-state index is 12.2. The molecule has 1 heterocycles. The van der Waals surface area contributed by atoms with Crippen LogP contribution in [0.3, 0.4) is 0 Å². The molecule has 0 radical (unpaired) electrons. The molecule has 2 amide bonds. The molecule has 1 aromatic rings. The summed E-state index contributed by atoms with van der Waals surface area (Å²) >= 11 is 0. The number of benzene rings is 1. The van der Waals surface area contributed by atoms with Gasteiger partial charge in [0.1, 0.15) is 0 Å². The van der Waals surface area contributed by atoms with Gasteiger partial charge in [0.2, 0.25) is 5.91 Å². The highest BCUT2D eigenvalue weighted by molar-refractivity contribution is 6.07. The molecule has 18 heavy (non-hydrogen) atoms. The third kappa shape index (κ3) is 2.11. The second-order valence-electron chi connectivity index (χ2n) is 4.36. The van der Waals surface area contributed by atoms with E-state index in [4.69, 9.17) is 5.11 Å². The highest BCUT2D eigenvalue weighted by atomic mass is 16.4. The van der Waals surface area contributed by atoms with Crippen molar-refractivity contribution in [2.75, 3.05) is 6.54 Å². The van der Waals surface area contributed by atoms with Crippen molar-refractivity contribution in [2.24, 2.45) is 5.92 Å². The van der Waals surface area contributed by atoms with E-state index in [1.54, 1.807) is 31.2 Å². The summed E-state index contributed by atoms with van der Waals surface area (Å²) in [5, 5.41) is 8.87. The molecule has 0 aliphatic carbocycles. The Kier molecular flexibility index (Phi) is 3.14. The van der Waals surface area contributed by atoms with Gasteiger partial charge in [-0.25, -0.2) is 0 Å². The van der Waals surface area contributed by atoms with E-state index < -0.39 is 23.7 Å². The number of aryl methyl sites for hydroxylation is 1. The van der Waals surface area contributed by atoms with Gasteiger partial charge in [0.05, 0.1) is 5.92 Å².